The summed E-state index contributed by atoms with van der Waals surface area (Å²) in [5.41, 5.74) is 2.99. The number of benzene rings is 1. The van der Waals surface area contributed by atoms with Crippen LogP contribution >= 0.6 is 0 Å². The fourth-order valence-electron chi connectivity index (χ4n) is 1.92. The maximum absolute atomic E-state index is 2.30. The Morgan fingerprint density at radius 1 is 0.667 bits per heavy atom. The second kappa shape index (κ2) is 7.50. The van der Waals surface area contributed by atoms with Gasteiger partial charge in [0.05, 0.1) is 0 Å². The van der Waals surface area contributed by atoms with Crippen LogP contribution in [0.15, 0.2) is 24.3 Å². The molecule has 0 unspecified atom stereocenters. The highest BCUT2D eigenvalue weighted by Gasteiger charge is 1.94. The van der Waals surface area contributed by atoms with E-state index in [4.69, 9.17) is 0 Å². The number of hydrogen-bond donors (Lipinski definition) is 0. The van der Waals surface area contributed by atoms with Gasteiger partial charge in [-0.3, -0.25) is 0 Å². The molecule has 1 aromatic carbocycles. The van der Waals surface area contributed by atoms with Crippen molar-refractivity contribution in [1.29, 1.82) is 0 Å². The zero-order valence-corrected chi connectivity index (χ0v) is 10.3. The summed E-state index contributed by atoms with van der Waals surface area (Å²) in [5.74, 6) is 0. The van der Waals surface area contributed by atoms with Crippen molar-refractivity contribution in [3.8, 4) is 0 Å². The average Bonchev–Trinajstić information content (AvgIpc) is 2.27. The SMILES string of the molecule is CCCCCCc1ccc(CCC)cc1. The van der Waals surface area contributed by atoms with Crippen LogP contribution in [0.3, 0.4) is 0 Å². The summed E-state index contributed by atoms with van der Waals surface area (Å²) in [7, 11) is 0. The maximum atomic E-state index is 2.30. The Hall–Kier alpha value is -0.780. The van der Waals surface area contributed by atoms with Gasteiger partial charge in [0.1, 0.15) is 0 Å². The van der Waals surface area contributed by atoms with Gasteiger partial charge in [-0.15, -0.1) is 0 Å². The van der Waals surface area contributed by atoms with E-state index in [0.717, 1.165) is 0 Å². The van der Waals surface area contributed by atoms with Crippen LogP contribution in [0.4, 0.5) is 0 Å². The van der Waals surface area contributed by atoms with Gasteiger partial charge in [0.15, 0.2) is 0 Å². The van der Waals surface area contributed by atoms with Gasteiger partial charge in [0.2, 0.25) is 0 Å². The van der Waals surface area contributed by atoms with Crippen molar-refractivity contribution in [2.45, 2.75) is 58.8 Å². The van der Waals surface area contributed by atoms with Crippen LogP contribution < -0.4 is 0 Å². The first-order chi connectivity index (χ1) is 7.36. The highest BCUT2D eigenvalue weighted by molar-refractivity contribution is 5.22. The fourth-order valence-corrected chi connectivity index (χ4v) is 1.92. The highest BCUT2D eigenvalue weighted by Crippen LogP contribution is 2.10. The first kappa shape index (κ1) is 12.3. The third-order valence-corrected chi connectivity index (χ3v) is 2.88. The molecule has 84 valence electrons. The van der Waals surface area contributed by atoms with E-state index in [1.165, 1.54) is 56.1 Å². The molecule has 0 amide bonds. The van der Waals surface area contributed by atoms with Gasteiger partial charge in [0, 0.05) is 0 Å². The van der Waals surface area contributed by atoms with Crippen molar-refractivity contribution in [2.24, 2.45) is 0 Å². The van der Waals surface area contributed by atoms with Crippen LogP contribution in [0.25, 0.3) is 0 Å². The van der Waals surface area contributed by atoms with E-state index in [1.54, 1.807) is 0 Å². The zero-order valence-electron chi connectivity index (χ0n) is 10.3. The Bertz CT molecular complexity index is 245. The Labute approximate surface area is 94.7 Å². The minimum Gasteiger partial charge on any atom is -0.0654 e. The lowest BCUT2D eigenvalue weighted by atomic mass is 10.0. The van der Waals surface area contributed by atoms with Crippen molar-refractivity contribution in [2.75, 3.05) is 0 Å². The first-order valence-corrected chi connectivity index (χ1v) is 6.44. The van der Waals surface area contributed by atoms with Crippen molar-refractivity contribution < 1.29 is 0 Å². The molecule has 0 aromatic heterocycles. The third kappa shape index (κ3) is 5.01. The van der Waals surface area contributed by atoms with Gasteiger partial charge < -0.3 is 0 Å². The number of aryl methyl sites for hydroxylation is 2. The van der Waals surface area contributed by atoms with Gasteiger partial charge in [-0.05, 0) is 30.4 Å². The quantitative estimate of drug-likeness (QED) is 0.562. The molecule has 0 aliphatic heterocycles. The van der Waals surface area contributed by atoms with Crippen LogP contribution in [0, 0.1) is 0 Å². The van der Waals surface area contributed by atoms with Gasteiger partial charge in [-0.1, -0.05) is 63.8 Å². The Kier molecular flexibility index (Phi) is 6.15. The molecule has 0 aliphatic rings. The topological polar surface area (TPSA) is 0 Å². The molecule has 0 saturated carbocycles. The highest BCUT2D eigenvalue weighted by atomic mass is 14.0. The smallest absolute Gasteiger partial charge is 0.0279 e. The molecule has 0 N–H and O–H groups in total. The standard InChI is InChI=1S/C15H24/c1-3-5-6-7-9-15-12-10-14(8-4-2)11-13-15/h10-13H,3-9H2,1-2H3. The third-order valence-electron chi connectivity index (χ3n) is 2.88. The lowest BCUT2D eigenvalue weighted by Crippen LogP contribution is -1.88. The van der Waals surface area contributed by atoms with E-state index >= 15 is 0 Å². The van der Waals surface area contributed by atoms with Crippen LogP contribution in [-0.2, 0) is 12.8 Å². The van der Waals surface area contributed by atoms with E-state index in [-0.39, 0.29) is 0 Å². The van der Waals surface area contributed by atoms with Crippen LogP contribution in [-0.4, -0.2) is 0 Å². The predicted octanol–water partition coefficient (Wildman–Crippen LogP) is 4.76. The lowest BCUT2D eigenvalue weighted by molar-refractivity contribution is 0.667. The van der Waals surface area contributed by atoms with Crippen molar-refractivity contribution in [1.82, 2.24) is 0 Å². The van der Waals surface area contributed by atoms with Crippen LogP contribution in [0.2, 0.25) is 0 Å². The number of unbranched alkanes of at least 4 members (excludes halogenated alkanes) is 3. The van der Waals surface area contributed by atoms with Crippen LogP contribution in [0.1, 0.15) is 57.1 Å². The first-order valence-electron chi connectivity index (χ1n) is 6.44. The molecular weight excluding hydrogens is 180 g/mol. The van der Waals surface area contributed by atoms with E-state index in [1.807, 2.05) is 0 Å². The Morgan fingerprint density at radius 2 is 1.27 bits per heavy atom. The number of hydrogen-bond acceptors (Lipinski definition) is 0. The molecule has 0 atom stereocenters. The average molecular weight is 204 g/mol. The monoisotopic (exact) mass is 204 g/mol. The largest absolute Gasteiger partial charge is 0.0654 e. The molecule has 1 aromatic rings. The molecular formula is C15H24. The minimum atomic E-state index is 1.22. The summed E-state index contributed by atoms with van der Waals surface area (Å²) in [4.78, 5) is 0. The number of rotatable bonds is 7. The molecule has 0 heteroatoms. The molecule has 1 rings (SSSR count). The van der Waals surface area contributed by atoms with Gasteiger partial charge in [-0.25, -0.2) is 0 Å². The molecule has 0 radical (unpaired) electrons. The molecule has 0 aliphatic carbocycles. The normalized spacial score (nSPS) is 10.5. The van der Waals surface area contributed by atoms with Gasteiger partial charge >= 0.3 is 0 Å². The Balaban J connectivity index is 2.29. The maximum Gasteiger partial charge on any atom is -0.0279 e. The minimum absolute atomic E-state index is 1.22. The van der Waals surface area contributed by atoms with Crippen molar-refractivity contribution >= 4 is 0 Å². The second-order valence-corrected chi connectivity index (χ2v) is 4.38. The molecule has 15 heavy (non-hydrogen) atoms. The molecule has 0 bridgehead atoms. The molecule has 0 saturated heterocycles. The summed E-state index contributed by atoms with van der Waals surface area (Å²) in [5, 5.41) is 0. The summed E-state index contributed by atoms with van der Waals surface area (Å²) < 4.78 is 0. The van der Waals surface area contributed by atoms with Crippen molar-refractivity contribution in [3.63, 3.8) is 0 Å². The molecule has 0 spiro atoms. The van der Waals surface area contributed by atoms with E-state index < -0.39 is 0 Å². The van der Waals surface area contributed by atoms with E-state index in [2.05, 4.69) is 38.1 Å². The van der Waals surface area contributed by atoms with Crippen LogP contribution in [0.5, 0.6) is 0 Å². The van der Waals surface area contributed by atoms with Crippen molar-refractivity contribution in [3.05, 3.63) is 35.4 Å². The lowest BCUT2D eigenvalue weighted by Gasteiger charge is -2.03. The summed E-state index contributed by atoms with van der Waals surface area (Å²) >= 11 is 0. The van der Waals surface area contributed by atoms with E-state index in [0.29, 0.717) is 0 Å². The Morgan fingerprint density at radius 3 is 1.80 bits per heavy atom. The van der Waals surface area contributed by atoms with E-state index in [9.17, 15) is 0 Å². The predicted molar refractivity (Wildman–Crippen MR) is 68.3 cm³/mol. The summed E-state index contributed by atoms with van der Waals surface area (Å²) in [6.45, 7) is 4.50. The summed E-state index contributed by atoms with van der Waals surface area (Å²) in [6.07, 6.45) is 9.16. The molecule has 0 heterocycles. The molecule has 0 nitrogen and oxygen atoms in total. The van der Waals surface area contributed by atoms with Gasteiger partial charge in [0.25, 0.3) is 0 Å². The van der Waals surface area contributed by atoms with Gasteiger partial charge in [-0.2, -0.15) is 0 Å². The molecule has 0 fully saturated rings. The fraction of sp³-hybridized carbons (Fsp3) is 0.600. The zero-order chi connectivity index (χ0) is 10.9. The second-order valence-electron chi connectivity index (χ2n) is 4.38. The summed E-state index contributed by atoms with van der Waals surface area (Å²) in [6, 6.07) is 9.19.